The van der Waals surface area contributed by atoms with Crippen molar-refractivity contribution in [1.82, 2.24) is 0 Å². The molecule has 3 N–H and O–H groups in total. The first-order valence-electron chi connectivity index (χ1n) is 6.37. The van der Waals surface area contributed by atoms with Crippen LogP contribution in [0.25, 0.3) is 10.1 Å². The second-order valence-corrected chi connectivity index (χ2v) is 6.10. The van der Waals surface area contributed by atoms with Crippen molar-refractivity contribution in [3.8, 4) is 5.75 Å². The first-order chi connectivity index (χ1) is 10.1. The molecule has 0 radical (unpaired) electrons. The number of nitrogen functional groups attached to an aromatic ring is 1. The van der Waals surface area contributed by atoms with E-state index in [9.17, 15) is 0 Å². The smallest absolute Gasteiger partial charge is 0.133 e. The molecule has 3 nitrogen and oxygen atoms in total. The van der Waals surface area contributed by atoms with Gasteiger partial charge in [0.2, 0.25) is 0 Å². The molecule has 0 aliphatic carbocycles. The largest absolute Gasteiger partial charge is 0.489 e. The van der Waals surface area contributed by atoms with Crippen molar-refractivity contribution in [3.63, 3.8) is 0 Å². The molecular weight excluding hydrogens is 304 g/mol. The molecule has 0 spiro atoms. The normalized spacial score (nSPS) is 10.7. The number of rotatable bonds is 4. The summed E-state index contributed by atoms with van der Waals surface area (Å²) in [5.74, 6) is 0.870. The van der Waals surface area contributed by atoms with Gasteiger partial charge in [0.15, 0.2) is 0 Å². The average Bonchev–Trinajstić information content (AvgIpc) is 2.90. The van der Waals surface area contributed by atoms with Crippen molar-refractivity contribution in [2.75, 3.05) is 0 Å². The summed E-state index contributed by atoms with van der Waals surface area (Å²) in [5, 5.41) is 9.25. The van der Waals surface area contributed by atoms with Gasteiger partial charge in [0.25, 0.3) is 0 Å². The van der Waals surface area contributed by atoms with Crippen LogP contribution < -0.4 is 10.5 Å². The molecule has 0 aliphatic rings. The summed E-state index contributed by atoms with van der Waals surface area (Å²) in [6, 6.07) is 15.4. The highest BCUT2D eigenvalue weighted by Crippen LogP contribution is 2.29. The van der Waals surface area contributed by atoms with Crippen LogP contribution in [0, 0.1) is 5.41 Å². The predicted octanol–water partition coefficient (Wildman–Crippen LogP) is 4.42. The number of halogens is 1. The third kappa shape index (κ3) is 3.01. The first kappa shape index (κ1) is 13.9. The number of nitrogens with two attached hydrogens (primary N) is 1. The van der Waals surface area contributed by atoms with E-state index in [1.54, 1.807) is 0 Å². The zero-order valence-corrected chi connectivity index (χ0v) is 12.7. The molecule has 1 heterocycles. The highest BCUT2D eigenvalue weighted by Gasteiger charge is 2.06. The van der Waals surface area contributed by atoms with Crippen LogP contribution in [0.5, 0.6) is 5.75 Å². The zero-order valence-electron chi connectivity index (χ0n) is 11.1. The summed E-state index contributed by atoms with van der Waals surface area (Å²) in [7, 11) is 0. The Kier molecular flexibility index (Phi) is 3.82. The fourth-order valence-electron chi connectivity index (χ4n) is 2.01. The molecule has 0 fully saturated rings. The molecule has 2 aromatic carbocycles. The van der Waals surface area contributed by atoms with Crippen molar-refractivity contribution in [2.45, 2.75) is 6.61 Å². The minimum atomic E-state index is 0.0923. The molecule has 3 aromatic rings. The van der Waals surface area contributed by atoms with Gasteiger partial charge in [-0.15, -0.1) is 11.3 Å². The average molecular weight is 317 g/mol. The van der Waals surface area contributed by atoms with Crippen molar-refractivity contribution < 1.29 is 4.74 Å². The highest BCUT2D eigenvalue weighted by atomic mass is 35.5. The second-order valence-electron chi connectivity index (χ2n) is 4.60. The Morgan fingerprint density at radius 1 is 1.19 bits per heavy atom. The molecule has 0 bridgehead atoms. The molecule has 5 heteroatoms. The van der Waals surface area contributed by atoms with E-state index < -0.39 is 0 Å². The van der Waals surface area contributed by atoms with E-state index in [2.05, 4.69) is 0 Å². The second kappa shape index (κ2) is 5.76. The van der Waals surface area contributed by atoms with E-state index in [-0.39, 0.29) is 5.84 Å². The zero-order chi connectivity index (χ0) is 14.8. The van der Waals surface area contributed by atoms with Crippen LogP contribution in [0.3, 0.4) is 0 Å². The van der Waals surface area contributed by atoms with Gasteiger partial charge in [0.05, 0.1) is 4.88 Å². The molecule has 0 atom stereocenters. The highest BCUT2D eigenvalue weighted by molar-refractivity contribution is 7.20. The lowest BCUT2D eigenvalue weighted by atomic mass is 10.2. The first-order valence-corrected chi connectivity index (χ1v) is 7.57. The SMILES string of the molecule is N=C(N)c1cc2ccc(OCc3ccccc3Cl)cc2s1. The van der Waals surface area contributed by atoms with Crippen LogP contribution >= 0.6 is 22.9 Å². The maximum Gasteiger partial charge on any atom is 0.133 e. The minimum Gasteiger partial charge on any atom is -0.489 e. The lowest BCUT2D eigenvalue weighted by Crippen LogP contribution is -2.08. The van der Waals surface area contributed by atoms with Crippen molar-refractivity contribution in [3.05, 3.63) is 64.0 Å². The van der Waals surface area contributed by atoms with E-state index in [0.717, 1.165) is 26.3 Å². The monoisotopic (exact) mass is 316 g/mol. The van der Waals surface area contributed by atoms with E-state index in [1.807, 2.05) is 48.5 Å². The lowest BCUT2D eigenvalue weighted by Gasteiger charge is -2.07. The Bertz CT molecular complexity index is 813. The van der Waals surface area contributed by atoms with Crippen molar-refractivity contribution in [1.29, 1.82) is 5.41 Å². The quantitative estimate of drug-likeness (QED) is 0.553. The number of amidine groups is 1. The van der Waals surface area contributed by atoms with Gasteiger partial charge in [-0.05, 0) is 35.7 Å². The molecule has 3 rings (SSSR count). The van der Waals surface area contributed by atoms with Gasteiger partial charge in [-0.2, -0.15) is 0 Å². The molecule has 106 valence electrons. The van der Waals surface area contributed by atoms with E-state index in [1.165, 1.54) is 11.3 Å². The molecule has 0 amide bonds. The van der Waals surface area contributed by atoms with Crippen LogP contribution in [0.4, 0.5) is 0 Å². The van der Waals surface area contributed by atoms with Crippen LogP contribution in [-0.2, 0) is 6.61 Å². The Labute approximate surface area is 131 Å². The summed E-state index contributed by atoms with van der Waals surface area (Å²) in [6.45, 7) is 0.427. The van der Waals surface area contributed by atoms with E-state index >= 15 is 0 Å². The van der Waals surface area contributed by atoms with Gasteiger partial charge < -0.3 is 10.5 Å². The molecule has 21 heavy (non-hydrogen) atoms. The van der Waals surface area contributed by atoms with Crippen LogP contribution in [0.1, 0.15) is 10.4 Å². The third-order valence-corrected chi connectivity index (χ3v) is 4.61. The molecule has 0 aliphatic heterocycles. The van der Waals surface area contributed by atoms with Crippen LogP contribution in [0.2, 0.25) is 5.02 Å². The number of benzene rings is 2. The van der Waals surface area contributed by atoms with Crippen LogP contribution in [0.15, 0.2) is 48.5 Å². The summed E-state index contributed by atoms with van der Waals surface area (Å²) in [5.41, 5.74) is 6.47. The molecule has 0 unspecified atom stereocenters. The minimum absolute atomic E-state index is 0.0923. The molecule has 1 aromatic heterocycles. The molecule has 0 saturated heterocycles. The van der Waals surface area contributed by atoms with Crippen molar-refractivity contribution >= 4 is 38.9 Å². The topological polar surface area (TPSA) is 59.1 Å². The summed E-state index contributed by atoms with van der Waals surface area (Å²) < 4.78 is 6.84. The number of ether oxygens (including phenoxy) is 1. The number of fused-ring (bicyclic) bond motifs is 1. The lowest BCUT2D eigenvalue weighted by molar-refractivity contribution is 0.307. The van der Waals surface area contributed by atoms with Gasteiger partial charge in [-0.3, -0.25) is 5.41 Å². The van der Waals surface area contributed by atoms with Gasteiger partial charge in [-0.25, -0.2) is 0 Å². The summed E-state index contributed by atoms with van der Waals surface area (Å²) in [6.07, 6.45) is 0. The number of hydrogen-bond donors (Lipinski definition) is 2. The van der Waals surface area contributed by atoms with E-state index in [4.69, 9.17) is 27.5 Å². The maximum atomic E-state index is 7.48. The van der Waals surface area contributed by atoms with E-state index in [0.29, 0.717) is 11.6 Å². The Morgan fingerprint density at radius 3 is 2.76 bits per heavy atom. The van der Waals surface area contributed by atoms with Crippen LogP contribution in [-0.4, -0.2) is 5.84 Å². The maximum absolute atomic E-state index is 7.48. The van der Waals surface area contributed by atoms with Crippen molar-refractivity contribution in [2.24, 2.45) is 5.73 Å². The summed E-state index contributed by atoms with van der Waals surface area (Å²) >= 11 is 7.60. The Balaban J connectivity index is 1.81. The third-order valence-electron chi connectivity index (χ3n) is 3.11. The fourth-order valence-corrected chi connectivity index (χ4v) is 3.15. The van der Waals surface area contributed by atoms with Gasteiger partial charge >= 0.3 is 0 Å². The summed E-state index contributed by atoms with van der Waals surface area (Å²) in [4.78, 5) is 0.772. The van der Waals surface area contributed by atoms with Gasteiger partial charge in [0.1, 0.15) is 18.2 Å². The van der Waals surface area contributed by atoms with Gasteiger partial charge in [-0.1, -0.05) is 29.8 Å². The predicted molar refractivity (Wildman–Crippen MR) is 88.6 cm³/mol. The fraction of sp³-hybridized carbons (Fsp3) is 0.0625. The number of hydrogen-bond acceptors (Lipinski definition) is 3. The standard InChI is InChI=1S/C16H13ClN2OS/c17-13-4-2-1-3-11(13)9-20-12-6-5-10-7-15(16(18)19)21-14(10)8-12/h1-8H,9H2,(H3,18,19). The molecule has 0 saturated carbocycles. The number of nitrogens with one attached hydrogen (secondary N) is 1. The molecular formula is C16H13ClN2OS. The van der Waals surface area contributed by atoms with Gasteiger partial charge in [0, 0.05) is 15.3 Å². The number of thiophene rings is 1. The Morgan fingerprint density at radius 2 is 2.00 bits per heavy atom. The Hall–Kier alpha value is -2.04.